The summed E-state index contributed by atoms with van der Waals surface area (Å²) in [7, 11) is 1.61. The molecule has 0 saturated carbocycles. The third-order valence-corrected chi connectivity index (χ3v) is 3.60. The minimum Gasteiger partial charge on any atom is -0.481 e. The first-order valence-corrected chi connectivity index (χ1v) is 6.39. The zero-order valence-corrected chi connectivity index (χ0v) is 11.2. The van der Waals surface area contributed by atoms with Gasteiger partial charge in [0.05, 0.1) is 12.8 Å². The van der Waals surface area contributed by atoms with Crippen LogP contribution in [0.2, 0.25) is 0 Å². The summed E-state index contributed by atoms with van der Waals surface area (Å²) in [6.45, 7) is 0. The van der Waals surface area contributed by atoms with Crippen LogP contribution in [0.15, 0.2) is 28.8 Å². The lowest BCUT2D eigenvalue weighted by atomic mass is 9.91. The molecule has 1 unspecified atom stereocenters. The predicted molar refractivity (Wildman–Crippen MR) is 69.1 cm³/mol. The maximum atomic E-state index is 11.1. The summed E-state index contributed by atoms with van der Waals surface area (Å²) < 4.78 is 6.10. The van der Waals surface area contributed by atoms with Crippen LogP contribution in [0.4, 0.5) is 0 Å². The molecule has 0 saturated heterocycles. The summed E-state index contributed by atoms with van der Waals surface area (Å²) in [6.07, 6.45) is 6.05. The van der Waals surface area contributed by atoms with Crippen molar-refractivity contribution in [1.29, 1.82) is 0 Å². The molecule has 1 heterocycles. The summed E-state index contributed by atoms with van der Waals surface area (Å²) in [5.74, 6) is 1.24. The van der Waals surface area contributed by atoms with Gasteiger partial charge in [-0.3, -0.25) is 4.79 Å². The highest BCUT2D eigenvalue weighted by Gasteiger charge is 2.16. The largest absolute Gasteiger partial charge is 0.481 e. The van der Waals surface area contributed by atoms with Crippen LogP contribution in [0.1, 0.15) is 18.5 Å². The number of carbonyl (C=O) groups excluding carboxylic acids is 1. The van der Waals surface area contributed by atoms with E-state index in [1.807, 2.05) is 18.2 Å². The molecule has 1 atom stereocenters. The van der Waals surface area contributed by atoms with Gasteiger partial charge in [-0.1, -0.05) is 6.08 Å². The highest BCUT2D eigenvalue weighted by atomic mass is 79.9. The number of carbonyl (C=O) groups is 1. The number of pyridine rings is 1. The van der Waals surface area contributed by atoms with Crippen LogP contribution in [0.3, 0.4) is 0 Å². The summed E-state index contributed by atoms with van der Waals surface area (Å²) in [5, 5.41) is 0. The Morgan fingerprint density at radius 1 is 1.53 bits per heavy atom. The van der Waals surface area contributed by atoms with Crippen LogP contribution < -0.4 is 4.74 Å². The Bertz CT molecular complexity index is 457. The fourth-order valence-electron chi connectivity index (χ4n) is 1.89. The highest BCUT2D eigenvalue weighted by Crippen LogP contribution is 2.25. The summed E-state index contributed by atoms with van der Waals surface area (Å²) >= 11 is 3.49. The van der Waals surface area contributed by atoms with Crippen molar-refractivity contribution in [2.75, 3.05) is 7.11 Å². The molecular weight excluding hydrogens is 282 g/mol. The van der Waals surface area contributed by atoms with Gasteiger partial charge in [-0.05, 0) is 46.8 Å². The van der Waals surface area contributed by atoms with Crippen molar-refractivity contribution in [3.05, 3.63) is 34.5 Å². The van der Waals surface area contributed by atoms with Gasteiger partial charge >= 0.3 is 0 Å². The molecule has 4 heteroatoms. The Kier molecular flexibility index (Phi) is 3.94. The molecule has 1 aliphatic rings. The molecule has 17 heavy (non-hydrogen) atoms. The van der Waals surface area contributed by atoms with Crippen molar-refractivity contribution in [1.82, 2.24) is 4.98 Å². The molecule has 2 rings (SSSR count). The third-order valence-electron chi connectivity index (χ3n) is 2.87. The fraction of sp³-hybridized carbons (Fsp3) is 0.385. The molecule has 1 aromatic rings. The van der Waals surface area contributed by atoms with E-state index in [1.54, 1.807) is 13.2 Å². The fourth-order valence-corrected chi connectivity index (χ4v) is 2.27. The molecular formula is C13H14BrNO2. The Balaban J connectivity index is 2.12. The maximum Gasteiger partial charge on any atom is 0.213 e. The zero-order valence-electron chi connectivity index (χ0n) is 9.65. The molecule has 0 fully saturated rings. The lowest BCUT2D eigenvalue weighted by molar-refractivity contribution is -0.115. The standard InChI is InChI=1S/C13H14BrNO2/c1-17-13-7-6-11(14)12(15-13)8-9-2-4-10(16)5-3-9/h2,4,6-7,9H,3,5,8H2,1H3. The number of methoxy groups -OCH3 is 1. The van der Waals surface area contributed by atoms with Crippen LogP contribution in [0.5, 0.6) is 5.88 Å². The molecule has 3 nitrogen and oxygen atoms in total. The van der Waals surface area contributed by atoms with Crippen molar-refractivity contribution in [3.8, 4) is 5.88 Å². The van der Waals surface area contributed by atoms with E-state index < -0.39 is 0 Å². The quantitative estimate of drug-likeness (QED) is 0.861. The van der Waals surface area contributed by atoms with Crippen molar-refractivity contribution < 1.29 is 9.53 Å². The van der Waals surface area contributed by atoms with Crippen LogP contribution in [0.25, 0.3) is 0 Å². The SMILES string of the molecule is COc1ccc(Br)c(CC2C=CC(=O)CC2)n1. The van der Waals surface area contributed by atoms with E-state index in [-0.39, 0.29) is 5.78 Å². The average Bonchev–Trinajstić information content (AvgIpc) is 2.35. The van der Waals surface area contributed by atoms with E-state index in [1.165, 1.54) is 0 Å². The summed E-state index contributed by atoms with van der Waals surface area (Å²) in [4.78, 5) is 15.5. The second kappa shape index (κ2) is 5.45. The number of rotatable bonds is 3. The molecule has 0 aliphatic heterocycles. The van der Waals surface area contributed by atoms with E-state index in [9.17, 15) is 4.79 Å². The van der Waals surface area contributed by atoms with Gasteiger partial charge in [-0.2, -0.15) is 0 Å². The Morgan fingerprint density at radius 2 is 2.35 bits per heavy atom. The van der Waals surface area contributed by atoms with E-state index in [2.05, 4.69) is 20.9 Å². The van der Waals surface area contributed by atoms with Crippen molar-refractivity contribution >= 4 is 21.7 Å². The second-order valence-electron chi connectivity index (χ2n) is 4.11. The third kappa shape index (κ3) is 3.16. The van der Waals surface area contributed by atoms with Gasteiger partial charge < -0.3 is 4.74 Å². The summed E-state index contributed by atoms with van der Waals surface area (Å²) in [6, 6.07) is 3.77. The average molecular weight is 296 g/mol. The number of aromatic nitrogens is 1. The molecule has 0 radical (unpaired) electrons. The van der Waals surface area contributed by atoms with Crippen molar-refractivity contribution in [3.63, 3.8) is 0 Å². The van der Waals surface area contributed by atoms with Crippen LogP contribution >= 0.6 is 15.9 Å². The minimum absolute atomic E-state index is 0.221. The lowest BCUT2D eigenvalue weighted by Crippen LogP contribution is -2.11. The van der Waals surface area contributed by atoms with Gasteiger partial charge in [0.15, 0.2) is 5.78 Å². The van der Waals surface area contributed by atoms with E-state index in [0.717, 1.165) is 23.0 Å². The van der Waals surface area contributed by atoms with E-state index in [0.29, 0.717) is 18.2 Å². The topological polar surface area (TPSA) is 39.2 Å². The molecule has 0 bridgehead atoms. The predicted octanol–water partition coefficient (Wildman–Crippen LogP) is 2.93. The molecule has 1 aromatic heterocycles. The smallest absolute Gasteiger partial charge is 0.213 e. The number of nitrogens with zero attached hydrogens (tertiary/aromatic N) is 1. The van der Waals surface area contributed by atoms with Gasteiger partial charge in [0, 0.05) is 17.0 Å². The Hall–Kier alpha value is -1.16. The normalized spacial score (nSPS) is 19.4. The first-order valence-electron chi connectivity index (χ1n) is 5.59. The van der Waals surface area contributed by atoms with E-state index in [4.69, 9.17) is 4.74 Å². The lowest BCUT2D eigenvalue weighted by Gasteiger charge is -2.16. The highest BCUT2D eigenvalue weighted by molar-refractivity contribution is 9.10. The Morgan fingerprint density at radius 3 is 3.00 bits per heavy atom. The monoisotopic (exact) mass is 295 g/mol. The number of ether oxygens (including phenoxy) is 1. The number of allylic oxidation sites excluding steroid dienone is 2. The minimum atomic E-state index is 0.221. The number of hydrogen-bond donors (Lipinski definition) is 0. The van der Waals surface area contributed by atoms with Crippen molar-refractivity contribution in [2.45, 2.75) is 19.3 Å². The van der Waals surface area contributed by atoms with Gasteiger partial charge in [0.2, 0.25) is 5.88 Å². The number of hydrogen-bond acceptors (Lipinski definition) is 3. The van der Waals surface area contributed by atoms with E-state index >= 15 is 0 Å². The summed E-state index contributed by atoms with van der Waals surface area (Å²) in [5.41, 5.74) is 0.980. The zero-order chi connectivity index (χ0) is 12.3. The van der Waals surface area contributed by atoms with Crippen LogP contribution in [-0.4, -0.2) is 17.9 Å². The molecule has 0 aromatic carbocycles. The van der Waals surface area contributed by atoms with Crippen LogP contribution in [0, 0.1) is 5.92 Å². The molecule has 1 aliphatic carbocycles. The number of ketones is 1. The van der Waals surface area contributed by atoms with Crippen LogP contribution in [-0.2, 0) is 11.2 Å². The molecule has 90 valence electrons. The first kappa shape index (κ1) is 12.3. The van der Waals surface area contributed by atoms with Gasteiger partial charge in [-0.25, -0.2) is 4.98 Å². The van der Waals surface area contributed by atoms with Gasteiger partial charge in [0.25, 0.3) is 0 Å². The Labute approximate surface area is 109 Å². The second-order valence-corrected chi connectivity index (χ2v) is 4.96. The van der Waals surface area contributed by atoms with Crippen molar-refractivity contribution in [2.24, 2.45) is 5.92 Å². The van der Waals surface area contributed by atoms with Gasteiger partial charge in [0.1, 0.15) is 0 Å². The van der Waals surface area contributed by atoms with Gasteiger partial charge in [-0.15, -0.1) is 0 Å². The molecule has 0 N–H and O–H groups in total. The molecule has 0 amide bonds. The number of halogens is 1. The maximum absolute atomic E-state index is 11.1. The molecule has 0 spiro atoms. The first-order chi connectivity index (χ1) is 8.19.